The predicted molar refractivity (Wildman–Crippen MR) is 85.2 cm³/mol. The summed E-state index contributed by atoms with van der Waals surface area (Å²) in [4.78, 5) is 16.7. The van der Waals surface area contributed by atoms with Gasteiger partial charge >= 0.3 is 6.09 Å². The molecule has 21 heavy (non-hydrogen) atoms. The van der Waals surface area contributed by atoms with E-state index < -0.39 is 5.60 Å². The molecule has 1 saturated heterocycles. The second-order valence-corrected chi connectivity index (χ2v) is 6.86. The van der Waals surface area contributed by atoms with Crippen molar-refractivity contribution < 1.29 is 9.53 Å². The van der Waals surface area contributed by atoms with Crippen molar-refractivity contribution in [2.24, 2.45) is 0 Å². The van der Waals surface area contributed by atoms with Crippen LogP contribution in [0.3, 0.4) is 0 Å². The van der Waals surface area contributed by atoms with Gasteiger partial charge in [0.25, 0.3) is 0 Å². The standard InChI is InChI=1S/C17H24N2O2/c1-17(2,3)21-16(20)19-12-9-13-7-6-8-14(15(13)19)18-10-4-5-11-18/h6-8H,4-5,9-12H2,1-3H3. The smallest absolute Gasteiger partial charge is 0.414 e. The van der Waals surface area contributed by atoms with E-state index in [1.165, 1.54) is 24.1 Å². The van der Waals surface area contributed by atoms with Gasteiger partial charge in [-0.25, -0.2) is 4.79 Å². The highest BCUT2D eigenvalue weighted by atomic mass is 16.6. The minimum absolute atomic E-state index is 0.229. The molecule has 2 heterocycles. The van der Waals surface area contributed by atoms with E-state index in [1.807, 2.05) is 25.7 Å². The quantitative estimate of drug-likeness (QED) is 0.792. The average molecular weight is 288 g/mol. The molecule has 2 aliphatic heterocycles. The summed E-state index contributed by atoms with van der Waals surface area (Å²) in [6.07, 6.45) is 3.15. The van der Waals surface area contributed by atoms with Gasteiger partial charge in [0.15, 0.2) is 0 Å². The molecule has 0 N–H and O–H groups in total. The molecule has 0 bridgehead atoms. The average Bonchev–Trinajstić information content (AvgIpc) is 3.05. The number of amides is 1. The first-order chi connectivity index (χ1) is 9.96. The van der Waals surface area contributed by atoms with Crippen LogP contribution in [-0.4, -0.2) is 31.3 Å². The molecular formula is C17H24N2O2. The fraction of sp³-hybridized carbons (Fsp3) is 0.588. The number of rotatable bonds is 1. The summed E-state index contributed by atoms with van der Waals surface area (Å²) in [7, 11) is 0. The number of carbonyl (C=O) groups is 1. The summed E-state index contributed by atoms with van der Waals surface area (Å²) in [5.74, 6) is 0. The lowest BCUT2D eigenvalue weighted by Gasteiger charge is -2.28. The van der Waals surface area contributed by atoms with Crippen LogP contribution >= 0.6 is 0 Å². The van der Waals surface area contributed by atoms with Crippen LogP contribution in [0.1, 0.15) is 39.2 Å². The predicted octanol–water partition coefficient (Wildman–Crippen LogP) is 3.58. The summed E-state index contributed by atoms with van der Waals surface area (Å²) in [6.45, 7) is 8.61. The van der Waals surface area contributed by atoms with Gasteiger partial charge < -0.3 is 9.64 Å². The van der Waals surface area contributed by atoms with Crippen molar-refractivity contribution >= 4 is 17.5 Å². The van der Waals surface area contributed by atoms with E-state index in [9.17, 15) is 4.79 Å². The monoisotopic (exact) mass is 288 g/mol. The lowest BCUT2D eigenvalue weighted by atomic mass is 10.1. The van der Waals surface area contributed by atoms with Gasteiger partial charge in [-0.1, -0.05) is 12.1 Å². The van der Waals surface area contributed by atoms with Crippen LogP contribution < -0.4 is 9.80 Å². The fourth-order valence-corrected chi connectivity index (χ4v) is 3.15. The zero-order chi connectivity index (χ0) is 15.0. The molecule has 0 saturated carbocycles. The Kier molecular flexibility index (Phi) is 3.56. The number of carbonyl (C=O) groups excluding carboxylic acids is 1. The number of hydrogen-bond donors (Lipinski definition) is 0. The maximum atomic E-state index is 12.5. The zero-order valence-corrected chi connectivity index (χ0v) is 13.2. The van der Waals surface area contributed by atoms with Gasteiger partial charge in [-0.3, -0.25) is 4.90 Å². The number of para-hydroxylation sites is 1. The molecule has 0 aromatic heterocycles. The maximum absolute atomic E-state index is 12.5. The molecule has 1 amide bonds. The van der Waals surface area contributed by atoms with Crippen LogP contribution in [0.4, 0.5) is 16.2 Å². The summed E-state index contributed by atoms with van der Waals surface area (Å²) < 4.78 is 5.56. The number of ether oxygens (including phenoxy) is 1. The van der Waals surface area contributed by atoms with E-state index in [0.29, 0.717) is 0 Å². The molecule has 3 rings (SSSR count). The first-order valence-electron chi connectivity index (χ1n) is 7.83. The normalized spacial score (nSPS) is 18.0. The highest BCUT2D eigenvalue weighted by molar-refractivity contribution is 5.95. The second kappa shape index (κ2) is 5.24. The minimum Gasteiger partial charge on any atom is -0.443 e. The topological polar surface area (TPSA) is 32.8 Å². The molecular weight excluding hydrogens is 264 g/mol. The van der Waals surface area contributed by atoms with Gasteiger partial charge in [-0.2, -0.15) is 0 Å². The Morgan fingerprint density at radius 1 is 1.14 bits per heavy atom. The molecule has 2 aliphatic rings. The summed E-state index contributed by atoms with van der Waals surface area (Å²) in [5.41, 5.74) is 3.05. The lowest BCUT2D eigenvalue weighted by molar-refractivity contribution is 0.0584. The summed E-state index contributed by atoms with van der Waals surface area (Å²) in [5, 5.41) is 0. The Labute approximate surface area is 126 Å². The third kappa shape index (κ3) is 2.85. The van der Waals surface area contributed by atoms with Gasteiger partial charge in [0.05, 0.1) is 11.4 Å². The number of anilines is 2. The third-order valence-corrected chi connectivity index (χ3v) is 4.03. The Hall–Kier alpha value is -1.71. The Morgan fingerprint density at radius 3 is 2.52 bits per heavy atom. The summed E-state index contributed by atoms with van der Waals surface area (Å²) in [6, 6.07) is 6.36. The fourth-order valence-electron chi connectivity index (χ4n) is 3.15. The SMILES string of the molecule is CC(C)(C)OC(=O)N1CCc2cccc(N3CCCC3)c21. The van der Waals surface area contributed by atoms with Gasteiger partial charge in [-0.05, 0) is 51.7 Å². The molecule has 1 aromatic rings. The maximum Gasteiger partial charge on any atom is 0.414 e. The molecule has 0 radical (unpaired) electrons. The van der Waals surface area contributed by atoms with E-state index in [2.05, 4.69) is 23.1 Å². The van der Waals surface area contributed by atoms with Gasteiger partial charge in [0.2, 0.25) is 0 Å². The van der Waals surface area contributed by atoms with Gasteiger partial charge in [0, 0.05) is 19.6 Å². The van der Waals surface area contributed by atoms with Crippen molar-refractivity contribution in [2.45, 2.75) is 45.6 Å². The summed E-state index contributed by atoms with van der Waals surface area (Å²) >= 11 is 0. The molecule has 0 atom stereocenters. The van der Waals surface area contributed by atoms with E-state index in [1.54, 1.807) is 0 Å². The highest BCUT2D eigenvalue weighted by Gasteiger charge is 2.32. The Balaban J connectivity index is 1.91. The Morgan fingerprint density at radius 2 is 1.86 bits per heavy atom. The van der Waals surface area contributed by atoms with Crippen molar-refractivity contribution in [1.82, 2.24) is 0 Å². The molecule has 4 nitrogen and oxygen atoms in total. The third-order valence-electron chi connectivity index (χ3n) is 4.03. The molecule has 0 aliphatic carbocycles. The van der Waals surface area contributed by atoms with Gasteiger partial charge in [0.1, 0.15) is 5.60 Å². The lowest BCUT2D eigenvalue weighted by Crippen LogP contribution is -2.36. The van der Waals surface area contributed by atoms with Crippen LogP contribution in [0.5, 0.6) is 0 Å². The van der Waals surface area contributed by atoms with Gasteiger partial charge in [-0.15, -0.1) is 0 Å². The van der Waals surface area contributed by atoms with Crippen molar-refractivity contribution in [2.75, 3.05) is 29.4 Å². The molecule has 0 unspecified atom stereocenters. The number of nitrogens with zero attached hydrogens (tertiary/aromatic N) is 2. The van der Waals surface area contributed by atoms with Crippen LogP contribution in [0.2, 0.25) is 0 Å². The van der Waals surface area contributed by atoms with Crippen LogP contribution in [-0.2, 0) is 11.2 Å². The first kappa shape index (κ1) is 14.2. The first-order valence-corrected chi connectivity index (χ1v) is 7.83. The largest absolute Gasteiger partial charge is 0.443 e. The van der Waals surface area contributed by atoms with E-state index >= 15 is 0 Å². The Bertz CT molecular complexity index is 542. The molecule has 114 valence electrons. The molecule has 4 heteroatoms. The van der Waals surface area contributed by atoms with Crippen LogP contribution in [0.15, 0.2) is 18.2 Å². The highest BCUT2D eigenvalue weighted by Crippen LogP contribution is 2.39. The van der Waals surface area contributed by atoms with Crippen molar-refractivity contribution in [1.29, 1.82) is 0 Å². The number of benzene rings is 1. The van der Waals surface area contributed by atoms with E-state index in [0.717, 1.165) is 31.7 Å². The molecule has 1 fully saturated rings. The zero-order valence-electron chi connectivity index (χ0n) is 13.2. The van der Waals surface area contributed by atoms with Crippen molar-refractivity contribution in [3.63, 3.8) is 0 Å². The molecule has 1 aromatic carbocycles. The van der Waals surface area contributed by atoms with Crippen molar-refractivity contribution in [3.05, 3.63) is 23.8 Å². The minimum atomic E-state index is -0.456. The number of hydrogen-bond acceptors (Lipinski definition) is 3. The second-order valence-electron chi connectivity index (χ2n) is 6.86. The number of fused-ring (bicyclic) bond motifs is 1. The van der Waals surface area contributed by atoms with Crippen LogP contribution in [0, 0.1) is 0 Å². The van der Waals surface area contributed by atoms with E-state index in [-0.39, 0.29) is 6.09 Å². The van der Waals surface area contributed by atoms with Crippen LogP contribution in [0.25, 0.3) is 0 Å². The van der Waals surface area contributed by atoms with E-state index in [4.69, 9.17) is 4.74 Å². The van der Waals surface area contributed by atoms with Crippen molar-refractivity contribution in [3.8, 4) is 0 Å². The molecule has 0 spiro atoms.